The highest BCUT2D eigenvalue weighted by Gasteiger charge is 2.46. The Morgan fingerprint density at radius 1 is 1.20 bits per heavy atom. The molecule has 0 radical (unpaired) electrons. The van der Waals surface area contributed by atoms with Crippen LogP contribution in [0, 0.1) is 11.8 Å². The van der Waals surface area contributed by atoms with Gasteiger partial charge >= 0.3 is 0 Å². The Balaban J connectivity index is 2.06. The zero-order valence-corrected chi connectivity index (χ0v) is 14.1. The fraction of sp³-hybridized carbons (Fsp3) is 1.00. The zero-order valence-electron chi connectivity index (χ0n) is 14.1. The number of nitrogens with two attached hydrogens (primary N) is 1. The third-order valence-corrected chi connectivity index (χ3v) is 6.22. The van der Waals surface area contributed by atoms with Gasteiger partial charge in [0.1, 0.15) is 0 Å². The fourth-order valence-electron chi connectivity index (χ4n) is 4.77. The van der Waals surface area contributed by atoms with Gasteiger partial charge in [-0.05, 0) is 50.6 Å². The van der Waals surface area contributed by atoms with Gasteiger partial charge in [-0.1, -0.05) is 27.7 Å². The summed E-state index contributed by atoms with van der Waals surface area (Å²) in [6, 6.07) is 0.750. The lowest BCUT2D eigenvalue weighted by Gasteiger charge is -2.50. The summed E-state index contributed by atoms with van der Waals surface area (Å²) in [4.78, 5) is 5.38. The molecular formula is C17H35N3. The Hall–Kier alpha value is -0.120. The van der Waals surface area contributed by atoms with Crippen molar-refractivity contribution in [3.8, 4) is 0 Å². The van der Waals surface area contributed by atoms with Gasteiger partial charge in [0.25, 0.3) is 0 Å². The van der Waals surface area contributed by atoms with Crippen LogP contribution in [0.1, 0.15) is 53.4 Å². The molecule has 0 bridgehead atoms. The summed E-state index contributed by atoms with van der Waals surface area (Å²) in [6.45, 7) is 15.1. The first-order valence-electron chi connectivity index (χ1n) is 8.76. The zero-order chi connectivity index (χ0) is 14.8. The summed E-state index contributed by atoms with van der Waals surface area (Å²) in [5.74, 6) is 1.62. The van der Waals surface area contributed by atoms with E-state index in [-0.39, 0.29) is 5.54 Å². The van der Waals surface area contributed by atoms with Crippen LogP contribution < -0.4 is 5.73 Å². The van der Waals surface area contributed by atoms with Gasteiger partial charge in [-0.25, -0.2) is 0 Å². The molecule has 1 aliphatic carbocycles. The van der Waals surface area contributed by atoms with Crippen molar-refractivity contribution in [1.29, 1.82) is 0 Å². The second kappa shape index (κ2) is 6.76. The van der Waals surface area contributed by atoms with E-state index >= 15 is 0 Å². The molecule has 2 rings (SSSR count). The largest absolute Gasteiger partial charge is 0.329 e. The second-order valence-corrected chi connectivity index (χ2v) is 7.20. The van der Waals surface area contributed by atoms with Crippen molar-refractivity contribution in [2.45, 2.75) is 65.0 Å². The monoisotopic (exact) mass is 281 g/mol. The van der Waals surface area contributed by atoms with Crippen LogP contribution >= 0.6 is 0 Å². The van der Waals surface area contributed by atoms with Crippen LogP contribution in [0.4, 0.5) is 0 Å². The minimum atomic E-state index is 0.286. The molecule has 20 heavy (non-hydrogen) atoms. The van der Waals surface area contributed by atoms with Gasteiger partial charge in [-0.3, -0.25) is 9.80 Å². The molecule has 0 aromatic heterocycles. The van der Waals surface area contributed by atoms with Crippen LogP contribution in [0.15, 0.2) is 0 Å². The van der Waals surface area contributed by atoms with Gasteiger partial charge in [-0.2, -0.15) is 0 Å². The van der Waals surface area contributed by atoms with Crippen LogP contribution in [-0.2, 0) is 0 Å². The maximum absolute atomic E-state index is 6.29. The molecule has 1 saturated carbocycles. The third kappa shape index (κ3) is 2.90. The quantitative estimate of drug-likeness (QED) is 0.840. The van der Waals surface area contributed by atoms with E-state index in [1.165, 1.54) is 51.9 Å². The Kier molecular flexibility index (Phi) is 5.49. The number of likely N-dealkylation sites (tertiary alicyclic amines) is 1. The summed E-state index contributed by atoms with van der Waals surface area (Å²) in [6.07, 6.45) is 5.33. The minimum absolute atomic E-state index is 0.286. The van der Waals surface area contributed by atoms with Gasteiger partial charge in [0.05, 0.1) is 0 Å². The molecule has 2 fully saturated rings. The lowest BCUT2D eigenvalue weighted by Crippen LogP contribution is -2.59. The molecule has 118 valence electrons. The van der Waals surface area contributed by atoms with Gasteiger partial charge in [0.15, 0.2) is 0 Å². The number of hydrogen-bond donors (Lipinski definition) is 1. The molecule has 1 saturated heterocycles. The third-order valence-electron chi connectivity index (χ3n) is 6.22. The number of likely N-dealkylation sites (N-methyl/N-ethyl adjacent to an activating group) is 1. The van der Waals surface area contributed by atoms with E-state index in [1.54, 1.807) is 0 Å². The van der Waals surface area contributed by atoms with Crippen molar-refractivity contribution in [3.05, 3.63) is 0 Å². The van der Waals surface area contributed by atoms with Crippen molar-refractivity contribution < 1.29 is 0 Å². The summed E-state index contributed by atoms with van der Waals surface area (Å²) in [5.41, 5.74) is 6.57. The summed E-state index contributed by atoms with van der Waals surface area (Å²) < 4.78 is 0. The highest BCUT2D eigenvalue weighted by molar-refractivity contribution is 5.03. The van der Waals surface area contributed by atoms with Gasteiger partial charge in [0, 0.05) is 31.2 Å². The van der Waals surface area contributed by atoms with Gasteiger partial charge in [0.2, 0.25) is 0 Å². The van der Waals surface area contributed by atoms with Crippen LogP contribution in [0.3, 0.4) is 0 Å². The van der Waals surface area contributed by atoms with Gasteiger partial charge < -0.3 is 5.73 Å². The molecule has 2 N–H and O–H groups in total. The van der Waals surface area contributed by atoms with E-state index < -0.39 is 0 Å². The smallest absolute Gasteiger partial charge is 0.0358 e. The first-order valence-corrected chi connectivity index (χ1v) is 8.76. The molecule has 3 heteroatoms. The highest BCUT2D eigenvalue weighted by Crippen LogP contribution is 2.42. The average Bonchev–Trinajstić information content (AvgIpc) is 2.91. The van der Waals surface area contributed by atoms with Crippen LogP contribution in [0.25, 0.3) is 0 Å². The molecule has 3 nitrogen and oxygen atoms in total. The maximum Gasteiger partial charge on any atom is 0.0358 e. The molecule has 2 aliphatic rings. The normalized spacial score (nSPS) is 39.6. The lowest BCUT2D eigenvalue weighted by atomic mass is 9.69. The SMILES string of the molecule is CCN(CC)C1CCN(C2(CN)CCC(C)CC2C)C1. The molecule has 4 unspecified atom stereocenters. The second-order valence-electron chi connectivity index (χ2n) is 7.20. The predicted octanol–water partition coefficient (Wildman–Crippen LogP) is 2.56. The molecule has 4 atom stereocenters. The molecule has 0 aromatic carbocycles. The molecule has 1 heterocycles. The number of nitrogens with zero attached hydrogens (tertiary/aromatic N) is 2. The maximum atomic E-state index is 6.29. The fourth-order valence-corrected chi connectivity index (χ4v) is 4.77. The van der Waals surface area contributed by atoms with Crippen LogP contribution in [0.5, 0.6) is 0 Å². The summed E-state index contributed by atoms with van der Waals surface area (Å²) in [7, 11) is 0. The van der Waals surface area contributed by atoms with Crippen LogP contribution in [0.2, 0.25) is 0 Å². The predicted molar refractivity (Wildman–Crippen MR) is 86.9 cm³/mol. The lowest BCUT2D eigenvalue weighted by molar-refractivity contribution is 0.0114. The molecule has 0 spiro atoms. The van der Waals surface area contributed by atoms with Crippen LogP contribution in [-0.4, -0.2) is 54.1 Å². The van der Waals surface area contributed by atoms with E-state index in [2.05, 4.69) is 37.5 Å². The minimum Gasteiger partial charge on any atom is -0.329 e. The molecule has 0 amide bonds. The topological polar surface area (TPSA) is 32.5 Å². The molecule has 0 aromatic rings. The first kappa shape index (κ1) is 16.3. The van der Waals surface area contributed by atoms with E-state index in [9.17, 15) is 0 Å². The van der Waals surface area contributed by atoms with Crippen molar-refractivity contribution in [3.63, 3.8) is 0 Å². The van der Waals surface area contributed by atoms with E-state index in [0.29, 0.717) is 0 Å². The molecule has 1 aliphatic heterocycles. The summed E-state index contributed by atoms with van der Waals surface area (Å²) >= 11 is 0. The van der Waals surface area contributed by atoms with Gasteiger partial charge in [-0.15, -0.1) is 0 Å². The van der Waals surface area contributed by atoms with E-state index in [0.717, 1.165) is 24.4 Å². The standard InChI is InChI=1S/C17H35N3/c1-5-19(6-2)16-8-10-20(12-16)17(13-18)9-7-14(3)11-15(17)4/h14-16H,5-13,18H2,1-4H3. The highest BCUT2D eigenvalue weighted by atomic mass is 15.3. The van der Waals surface area contributed by atoms with E-state index in [4.69, 9.17) is 5.73 Å². The molecular weight excluding hydrogens is 246 g/mol. The average molecular weight is 281 g/mol. The van der Waals surface area contributed by atoms with Crippen molar-refractivity contribution in [2.75, 3.05) is 32.7 Å². The Morgan fingerprint density at radius 3 is 2.45 bits per heavy atom. The number of rotatable bonds is 5. The Bertz CT molecular complexity index is 303. The number of hydrogen-bond acceptors (Lipinski definition) is 3. The first-order chi connectivity index (χ1) is 9.57. The van der Waals surface area contributed by atoms with Crippen molar-refractivity contribution in [2.24, 2.45) is 17.6 Å². The summed E-state index contributed by atoms with van der Waals surface area (Å²) in [5, 5.41) is 0. The Morgan fingerprint density at radius 2 is 1.90 bits per heavy atom. The van der Waals surface area contributed by atoms with Crippen molar-refractivity contribution >= 4 is 0 Å². The van der Waals surface area contributed by atoms with Crippen molar-refractivity contribution in [1.82, 2.24) is 9.80 Å². The van der Waals surface area contributed by atoms with E-state index in [1.807, 2.05) is 0 Å². The Labute approximate surface area is 125 Å².